The molecular formula is C12H13N5O3. The summed E-state index contributed by atoms with van der Waals surface area (Å²) in [7, 11) is 0. The van der Waals surface area contributed by atoms with Gasteiger partial charge >= 0.3 is 5.97 Å². The molecule has 0 spiro atoms. The maximum atomic E-state index is 11.7. The molecule has 0 bridgehead atoms. The van der Waals surface area contributed by atoms with Crippen LogP contribution < -0.4 is 5.32 Å². The van der Waals surface area contributed by atoms with E-state index in [1.165, 1.54) is 10.9 Å². The first-order chi connectivity index (χ1) is 9.63. The van der Waals surface area contributed by atoms with Crippen LogP contribution in [0.4, 0.5) is 0 Å². The number of pyridine rings is 1. The average molecular weight is 275 g/mol. The van der Waals surface area contributed by atoms with Crippen LogP contribution in [0.3, 0.4) is 0 Å². The van der Waals surface area contributed by atoms with Crippen molar-refractivity contribution in [3.8, 4) is 0 Å². The number of hydrogen-bond donors (Lipinski definition) is 2. The standard InChI is InChI=1S/C12H13N5O3/c18-11(5-9-1-3-13-4-2-9)14-6-10-7-17(16-15-10)8-12(19)20/h1-4,7H,5-6,8H2,(H,14,18)(H,19,20). The fourth-order valence-corrected chi connectivity index (χ4v) is 1.57. The molecule has 0 aromatic carbocycles. The van der Waals surface area contributed by atoms with Crippen molar-refractivity contribution < 1.29 is 14.7 Å². The van der Waals surface area contributed by atoms with Crippen molar-refractivity contribution in [2.45, 2.75) is 19.5 Å². The van der Waals surface area contributed by atoms with Crippen molar-refractivity contribution in [2.75, 3.05) is 0 Å². The van der Waals surface area contributed by atoms with Crippen LogP contribution in [0.5, 0.6) is 0 Å². The summed E-state index contributed by atoms with van der Waals surface area (Å²) < 4.78 is 1.20. The second kappa shape index (κ2) is 6.41. The molecule has 0 saturated carbocycles. The molecule has 8 heteroatoms. The lowest BCUT2D eigenvalue weighted by Gasteiger charge is -2.02. The smallest absolute Gasteiger partial charge is 0.325 e. The maximum absolute atomic E-state index is 11.7. The zero-order chi connectivity index (χ0) is 14.4. The summed E-state index contributed by atoms with van der Waals surface area (Å²) in [4.78, 5) is 26.0. The highest BCUT2D eigenvalue weighted by molar-refractivity contribution is 5.78. The molecule has 0 aliphatic rings. The number of aromatic nitrogens is 4. The van der Waals surface area contributed by atoms with Gasteiger partial charge in [0.25, 0.3) is 0 Å². The van der Waals surface area contributed by atoms with Gasteiger partial charge in [0.2, 0.25) is 5.91 Å². The van der Waals surface area contributed by atoms with E-state index in [2.05, 4.69) is 20.6 Å². The van der Waals surface area contributed by atoms with Crippen LogP contribution >= 0.6 is 0 Å². The van der Waals surface area contributed by atoms with Gasteiger partial charge in [-0.1, -0.05) is 5.21 Å². The van der Waals surface area contributed by atoms with Crippen LogP contribution in [0.15, 0.2) is 30.7 Å². The molecule has 20 heavy (non-hydrogen) atoms. The summed E-state index contributed by atoms with van der Waals surface area (Å²) in [6.45, 7) is -0.0402. The third kappa shape index (κ3) is 4.16. The molecule has 0 radical (unpaired) electrons. The first-order valence-electron chi connectivity index (χ1n) is 5.90. The number of aliphatic carboxylic acids is 1. The van der Waals surface area contributed by atoms with Gasteiger partial charge in [0.15, 0.2) is 0 Å². The third-order valence-electron chi connectivity index (χ3n) is 2.46. The number of hydrogen-bond acceptors (Lipinski definition) is 5. The molecule has 2 aromatic heterocycles. The Kier molecular flexibility index (Phi) is 4.38. The van der Waals surface area contributed by atoms with Gasteiger partial charge in [0.05, 0.1) is 19.2 Å². The Bertz CT molecular complexity index is 596. The molecule has 1 amide bonds. The van der Waals surface area contributed by atoms with Gasteiger partial charge in [-0.15, -0.1) is 5.10 Å². The number of nitrogens with zero attached hydrogens (tertiary/aromatic N) is 4. The SMILES string of the molecule is O=C(O)Cn1cc(CNC(=O)Cc2ccncc2)nn1. The van der Waals surface area contributed by atoms with Crippen molar-refractivity contribution in [1.82, 2.24) is 25.3 Å². The first kappa shape index (κ1) is 13.7. The van der Waals surface area contributed by atoms with E-state index in [0.29, 0.717) is 5.69 Å². The molecule has 0 unspecified atom stereocenters. The summed E-state index contributed by atoms with van der Waals surface area (Å²) in [6.07, 6.45) is 4.99. The molecule has 0 aliphatic carbocycles. The summed E-state index contributed by atoms with van der Waals surface area (Å²) in [5.41, 5.74) is 1.38. The summed E-state index contributed by atoms with van der Waals surface area (Å²) in [5.74, 6) is -1.15. The van der Waals surface area contributed by atoms with Crippen molar-refractivity contribution in [1.29, 1.82) is 0 Å². The molecule has 0 fully saturated rings. The maximum Gasteiger partial charge on any atom is 0.325 e. The Labute approximate surface area is 114 Å². The average Bonchev–Trinajstić information content (AvgIpc) is 2.84. The van der Waals surface area contributed by atoms with Crippen LogP contribution in [0.1, 0.15) is 11.3 Å². The molecule has 2 heterocycles. The molecular weight excluding hydrogens is 262 g/mol. The topological polar surface area (TPSA) is 110 Å². The molecule has 2 rings (SSSR count). The minimum atomic E-state index is -0.997. The van der Waals surface area contributed by atoms with Crippen molar-refractivity contribution >= 4 is 11.9 Å². The Balaban J connectivity index is 1.81. The van der Waals surface area contributed by atoms with Crippen molar-refractivity contribution in [3.05, 3.63) is 42.0 Å². The first-order valence-corrected chi connectivity index (χ1v) is 5.90. The molecule has 0 aliphatic heterocycles. The molecule has 8 nitrogen and oxygen atoms in total. The number of carboxylic acid groups (broad SMARTS) is 1. The minimum absolute atomic E-state index is 0.149. The Morgan fingerprint density at radius 3 is 2.75 bits per heavy atom. The molecule has 2 aromatic rings. The number of carbonyl (C=O) groups excluding carboxylic acids is 1. The lowest BCUT2D eigenvalue weighted by Crippen LogP contribution is -2.24. The molecule has 104 valence electrons. The molecule has 0 atom stereocenters. The minimum Gasteiger partial charge on any atom is -0.480 e. The Hall–Kier alpha value is -2.77. The number of rotatable bonds is 6. The van der Waals surface area contributed by atoms with Gasteiger partial charge in [0, 0.05) is 12.4 Å². The fraction of sp³-hybridized carbons (Fsp3) is 0.250. The Morgan fingerprint density at radius 1 is 1.30 bits per heavy atom. The lowest BCUT2D eigenvalue weighted by atomic mass is 10.2. The van der Waals surface area contributed by atoms with Crippen LogP contribution in [0.25, 0.3) is 0 Å². The van der Waals surface area contributed by atoms with E-state index in [9.17, 15) is 9.59 Å². The zero-order valence-electron chi connectivity index (χ0n) is 10.6. The second-order valence-corrected chi connectivity index (χ2v) is 4.11. The van der Waals surface area contributed by atoms with E-state index in [-0.39, 0.29) is 25.4 Å². The quantitative estimate of drug-likeness (QED) is 0.743. The highest BCUT2D eigenvalue weighted by atomic mass is 16.4. The van der Waals surface area contributed by atoms with Gasteiger partial charge < -0.3 is 10.4 Å². The monoisotopic (exact) mass is 275 g/mol. The van der Waals surface area contributed by atoms with Crippen LogP contribution in [-0.4, -0.2) is 37.0 Å². The van der Waals surface area contributed by atoms with E-state index in [1.807, 2.05) is 0 Å². The lowest BCUT2D eigenvalue weighted by molar-refractivity contribution is -0.138. The van der Waals surface area contributed by atoms with Crippen LogP contribution in [-0.2, 0) is 29.1 Å². The fourth-order valence-electron chi connectivity index (χ4n) is 1.57. The van der Waals surface area contributed by atoms with E-state index in [1.54, 1.807) is 24.5 Å². The number of nitrogens with one attached hydrogen (secondary N) is 1. The van der Waals surface area contributed by atoms with Gasteiger partial charge in [0.1, 0.15) is 12.2 Å². The molecule has 0 saturated heterocycles. The van der Waals surface area contributed by atoms with Gasteiger partial charge in [-0.25, -0.2) is 4.68 Å². The van der Waals surface area contributed by atoms with Crippen LogP contribution in [0, 0.1) is 0 Å². The number of carbonyl (C=O) groups is 2. The second-order valence-electron chi connectivity index (χ2n) is 4.11. The highest BCUT2D eigenvalue weighted by Gasteiger charge is 2.07. The number of amides is 1. The number of carboxylic acids is 1. The third-order valence-corrected chi connectivity index (χ3v) is 2.46. The van der Waals surface area contributed by atoms with Crippen LogP contribution in [0.2, 0.25) is 0 Å². The summed E-state index contributed by atoms with van der Waals surface area (Å²) >= 11 is 0. The largest absolute Gasteiger partial charge is 0.480 e. The summed E-state index contributed by atoms with van der Waals surface area (Å²) in [5, 5.41) is 18.7. The zero-order valence-corrected chi connectivity index (χ0v) is 10.6. The van der Waals surface area contributed by atoms with E-state index in [4.69, 9.17) is 5.11 Å². The van der Waals surface area contributed by atoms with E-state index < -0.39 is 5.97 Å². The molecule has 2 N–H and O–H groups in total. The normalized spacial score (nSPS) is 10.2. The van der Waals surface area contributed by atoms with Gasteiger partial charge in [-0.2, -0.15) is 0 Å². The highest BCUT2D eigenvalue weighted by Crippen LogP contribution is 1.98. The van der Waals surface area contributed by atoms with Crippen molar-refractivity contribution in [2.24, 2.45) is 0 Å². The summed E-state index contributed by atoms with van der Waals surface area (Å²) in [6, 6.07) is 3.53. The predicted octanol–water partition coefficient (Wildman–Crippen LogP) is -0.383. The Morgan fingerprint density at radius 2 is 2.05 bits per heavy atom. The van der Waals surface area contributed by atoms with E-state index in [0.717, 1.165) is 5.56 Å². The van der Waals surface area contributed by atoms with Crippen molar-refractivity contribution in [3.63, 3.8) is 0 Å². The van der Waals surface area contributed by atoms with E-state index >= 15 is 0 Å². The predicted molar refractivity (Wildman–Crippen MR) is 67.4 cm³/mol. The van der Waals surface area contributed by atoms with Gasteiger partial charge in [-0.05, 0) is 17.7 Å². The van der Waals surface area contributed by atoms with Gasteiger partial charge in [-0.3, -0.25) is 14.6 Å².